The fraction of sp³-hybridized carbons (Fsp3) is 0.538. The summed E-state index contributed by atoms with van der Waals surface area (Å²) in [7, 11) is 0. The Labute approximate surface area is 115 Å². The predicted octanol–water partition coefficient (Wildman–Crippen LogP) is 1.53. The number of rotatable bonds is 3. The minimum absolute atomic E-state index is 0.0104. The molecule has 0 bridgehead atoms. The Morgan fingerprint density at radius 2 is 2.22 bits per heavy atom. The lowest BCUT2D eigenvalue weighted by Crippen LogP contribution is -2.50. The second kappa shape index (κ2) is 6.02. The zero-order valence-corrected chi connectivity index (χ0v) is 11.9. The maximum atomic E-state index is 9.43. The molecule has 0 saturated carbocycles. The number of anilines is 1. The summed E-state index contributed by atoms with van der Waals surface area (Å²) in [6, 6.07) is 6.06. The van der Waals surface area contributed by atoms with Crippen LogP contribution >= 0.6 is 15.9 Å². The van der Waals surface area contributed by atoms with Crippen LogP contribution in [0.15, 0.2) is 22.7 Å². The second-order valence-corrected chi connectivity index (χ2v) is 5.49. The van der Waals surface area contributed by atoms with E-state index < -0.39 is 0 Å². The van der Waals surface area contributed by atoms with E-state index in [1.54, 1.807) is 0 Å². The highest BCUT2D eigenvalue weighted by Crippen LogP contribution is 2.29. The van der Waals surface area contributed by atoms with Gasteiger partial charge in [-0.25, -0.2) is 0 Å². The van der Waals surface area contributed by atoms with E-state index in [9.17, 15) is 10.2 Å². The Balaban J connectivity index is 2.30. The van der Waals surface area contributed by atoms with Crippen LogP contribution < -0.4 is 4.90 Å². The predicted molar refractivity (Wildman–Crippen MR) is 73.7 cm³/mol. The normalized spacial score (nSPS) is 24.3. The molecule has 4 nitrogen and oxygen atoms in total. The first kappa shape index (κ1) is 13.8. The number of benzene rings is 1. The molecule has 1 fully saturated rings. The van der Waals surface area contributed by atoms with Crippen LogP contribution in [0.25, 0.3) is 0 Å². The Morgan fingerprint density at radius 3 is 2.89 bits per heavy atom. The molecule has 2 rings (SSSR count). The lowest BCUT2D eigenvalue weighted by molar-refractivity contribution is -0.0104. The van der Waals surface area contributed by atoms with E-state index in [-0.39, 0.29) is 25.4 Å². The van der Waals surface area contributed by atoms with E-state index in [0.717, 1.165) is 15.7 Å². The molecule has 1 saturated heterocycles. The van der Waals surface area contributed by atoms with E-state index >= 15 is 0 Å². The van der Waals surface area contributed by atoms with Crippen molar-refractivity contribution in [3.05, 3.63) is 28.2 Å². The highest BCUT2D eigenvalue weighted by molar-refractivity contribution is 9.10. The van der Waals surface area contributed by atoms with Gasteiger partial charge in [0.25, 0.3) is 0 Å². The third-order valence-electron chi connectivity index (χ3n) is 3.24. The molecule has 100 valence electrons. The van der Waals surface area contributed by atoms with Gasteiger partial charge in [0, 0.05) is 28.3 Å². The van der Waals surface area contributed by atoms with Gasteiger partial charge < -0.3 is 19.8 Å². The summed E-state index contributed by atoms with van der Waals surface area (Å²) in [4.78, 5) is 2.18. The van der Waals surface area contributed by atoms with E-state index in [0.29, 0.717) is 13.2 Å². The third-order valence-corrected chi connectivity index (χ3v) is 3.73. The van der Waals surface area contributed by atoms with Crippen molar-refractivity contribution in [2.24, 2.45) is 0 Å². The quantitative estimate of drug-likeness (QED) is 0.888. The van der Waals surface area contributed by atoms with Crippen molar-refractivity contribution in [1.29, 1.82) is 0 Å². The monoisotopic (exact) mass is 315 g/mol. The van der Waals surface area contributed by atoms with Crippen LogP contribution in [0.4, 0.5) is 5.69 Å². The SMILES string of the molecule is CC1COC(CO)CN1c1cc(Br)ccc1CO. The maximum absolute atomic E-state index is 9.43. The molecule has 18 heavy (non-hydrogen) atoms. The van der Waals surface area contributed by atoms with Crippen molar-refractivity contribution in [2.45, 2.75) is 25.7 Å². The Kier molecular flexibility index (Phi) is 4.61. The molecule has 5 heteroatoms. The van der Waals surface area contributed by atoms with Crippen molar-refractivity contribution in [3.63, 3.8) is 0 Å². The van der Waals surface area contributed by atoms with Gasteiger partial charge in [-0.15, -0.1) is 0 Å². The molecule has 1 aliphatic heterocycles. The van der Waals surface area contributed by atoms with Gasteiger partial charge in [-0.1, -0.05) is 22.0 Å². The first-order valence-electron chi connectivity index (χ1n) is 6.04. The van der Waals surface area contributed by atoms with Gasteiger partial charge in [0.05, 0.1) is 25.9 Å². The summed E-state index contributed by atoms with van der Waals surface area (Å²) in [6.45, 7) is 3.33. The minimum Gasteiger partial charge on any atom is -0.394 e. The summed E-state index contributed by atoms with van der Waals surface area (Å²) in [6.07, 6.45) is -0.160. The highest BCUT2D eigenvalue weighted by atomic mass is 79.9. The fourth-order valence-corrected chi connectivity index (χ4v) is 2.55. The van der Waals surface area contributed by atoms with Crippen molar-refractivity contribution >= 4 is 21.6 Å². The highest BCUT2D eigenvalue weighted by Gasteiger charge is 2.27. The summed E-state index contributed by atoms with van der Waals surface area (Å²) in [5, 5.41) is 18.6. The Hall–Kier alpha value is -0.620. The summed E-state index contributed by atoms with van der Waals surface area (Å²) < 4.78 is 6.51. The van der Waals surface area contributed by atoms with Gasteiger partial charge in [0.15, 0.2) is 0 Å². The molecule has 0 radical (unpaired) electrons. The number of ether oxygens (including phenoxy) is 1. The molecule has 2 atom stereocenters. The van der Waals surface area contributed by atoms with Crippen LogP contribution in [0.3, 0.4) is 0 Å². The van der Waals surface area contributed by atoms with Crippen molar-refractivity contribution < 1.29 is 14.9 Å². The zero-order valence-electron chi connectivity index (χ0n) is 10.3. The number of aliphatic hydroxyl groups is 2. The summed E-state index contributed by atoms with van der Waals surface area (Å²) in [5.41, 5.74) is 1.89. The van der Waals surface area contributed by atoms with Crippen molar-refractivity contribution in [2.75, 3.05) is 24.7 Å². The largest absolute Gasteiger partial charge is 0.394 e. The van der Waals surface area contributed by atoms with Gasteiger partial charge in [0.1, 0.15) is 0 Å². The first-order valence-corrected chi connectivity index (χ1v) is 6.83. The molecule has 0 aliphatic carbocycles. The fourth-order valence-electron chi connectivity index (χ4n) is 2.20. The second-order valence-electron chi connectivity index (χ2n) is 4.57. The van der Waals surface area contributed by atoms with E-state index in [1.165, 1.54) is 0 Å². The van der Waals surface area contributed by atoms with Crippen LogP contribution in [0, 0.1) is 0 Å². The van der Waals surface area contributed by atoms with Crippen molar-refractivity contribution in [1.82, 2.24) is 0 Å². The molecular formula is C13H18BrNO3. The molecule has 2 N–H and O–H groups in total. The number of halogens is 1. The number of aliphatic hydroxyl groups excluding tert-OH is 2. The Morgan fingerprint density at radius 1 is 1.44 bits per heavy atom. The number of morpholine rings is 1. The number of hydrogen-bond donors (Lipinski definition) is 2. The molecule has 0 spiro atoms. The molecule has 1 aromatic rings. The molecule has 0 aromatic heterocycles. The average molecular weight is 316 g/mol. The smallest absolute Gasteiger partial charge is 0.0981 e. The molecular weight excluding hydrogens is 298 g/mol. The van der Waals surface area contributed by atoms with Gasteiger partial charge in [-0.3, -0.25) is 0 Å². The van der Waals surface area contributed by atoms with Crippen LogP contribution in [0.1, 0.15) is 12.5 Å². The minimum atomic E-state index is -0.160. The lowest BCUT2D eigenvalue weighted by atomic mass is 10.1. The third kappa shape index (κ3) is 2.85. The first-order chi connectivity index (χ1) is 8.65. The van der Waals surface area contributed by atoms with Gasteiger partial charge >= 0.3 is 0 Å². The molecule has 1 aliphatic rings. The molecule has 1 aromatic carbocycles. The van der Waals surface area contributed by atoms with Gasteiger partial charge in [0.2, 0.25) is 0 Å². The number of hydrogen-bond acceptors (Lipinski definition) is 4. The van der Waals surface area contributed by atoms with Crippen LogP contribution in [0.5, 0.6) is 0 Å². The average Bonchev–Trinajstić information content (AvgIpc) is 2.39. The zero-order chi connectivity index (χ0) is 13.1. The van der Waals surface area contributed by atoms with Gasteiger partial charge in [-0.05, 0) is 19.1 Å². The molecule has 1 heterocycles. The lowest BCUT2D eigenvalue weighted by Gasteiger charge is -2.40. The topological polar surface area (TPSA) is 52.9 Å². The van der Waals surface area contributed by atoms with E-state index in [1.807, 2.05) is 18.2 Å². The van der Waals surface area contributed by atoms with E-state index in [4.69, 9.17) is 4.74 Å². The standard InChI is InChI=1S/C13H18BrNO3/c1-9-8-18-12(7-17)5-15(9)13-4-11(14)3-2-10(13)6-16/h2-4,9,12,16-17H,5-8H2,1H3. The maximum Gasteiger partial charge on any atom is 0.0981 e. The van der Waals surface area contributed by atoms with Crippen LogP contribution in [-0.4, -0.2) is 42.1 Å². The van der Waals surface area contributed by atoms with Crippen LogP contribution in [0.2, 0.25) is 0 Å². The number of nitrogens with zero attached hydrogens (tertiary/aromatic N) is 1. The van der Waals surface area contributed by atoms with Crippen molar-refractivity contribution in [3.8, 4) is 0 Å². The summed E-state index contributed by atoms with van der Waals surface area (Å²) in [5.74, 6) is 0. The van der Waals surface area contributed by atoms with Gasteiger partial charge in [-0.2, -0.15) is 0 Å². The molecule has 2 unspecified atom stereocenters. The van der Waals surface area contributed by atoms with Crippen LogP contribution in [-0.2, 0) is 11.3 Å². The van der Waals surface area contributed by atoms with E-state index in [2.05, 4.69) is 27.8 Å². The summed E-state index contributed by atoms with van der Waals surface area (Å²) >= 11 is 3.46. The Bertz CT molecular complexity index is 413. The molecule has 0 amide bonds.